The Morgan fingerprint density at radius 2 is 1.81 bits per heavy atom. The fourth-order valence-electron chi connectivity index (χ4n) is 1.61. The van der Waals surface area contributed by atoms with Crippen LogP contribution >= 0.6 is 34.8 Å². The maximum absolute atomic E-state index is 12.1. The van der Waals surface area contributed by atoms with Crippen molar-refractivity contribution < 1.29 is 9.53 Å². The van der Waals surface area contributed by atoms with E-state index in [1.807, 2.05) is 0 Å². The van der Waals surface area contributed by atoms with Crippen molar-refractivity contribution in [2.24, 2.45) is 0 Å². The van der Waals surface area contributed by atoms with Crippen LogP contribution in [0.4, 0.5) is 5.69 Å². The summed E-state index contributed by atoms with van der Waals surface area (Å²) >= 11 is 17.9. The van der Waals surface area contributed by atoms with Gasteiger partial charge in [0.2, 0.25) is 0 Å². The maximum Gasteiger partial charge on any atom is 0.265 e. The zero-order valence-electron chi connectivity index (χ0n) is 11.1. The van der Waals surface area contributed by atoms with Crippen LogP contribution in [-0.4, -0.2) is 12.0 Å². The summed E-state index contributed by atoms with van der Waals surface area (Å²) in [7, 11) is 0. The lowest BCUT2D eigenvalue weighted by molar-refractivity contribution is -0.122. The lowest BCUT2D eigenvalue weighted by atomic mass is 10.3. The zero-order chi connectivity index (χ0) is 15.4. The van der Waals surface area contributed by atoms with E-state index in [0.29, 0.717) is 26.5 Å². The molecule has 0 aliphatic rings. The molecule has 0 bridgehead atoms. The number of ether oxygens (including phenoxy) is 1. The van der Waals surface area contributed by atoms with Gasteiger partial charge in [-0.25, -0.2) is 0 Å². The number of carbonyl (C=O) groups is 1. The fraction of sp³-hybridized carbons (Fsp3) is 0.133. The smallest absolute Gasteiger partial charge is 0.265 e. The van der Waals surface area contributed by atoms with Crippen LogP contribution in [0.25, 0.3) is 0 Å². The Bertz CT molecular complexity index is 661. The molecule has 0 saturated heterocycles. The molecule has 0 aromatic heterocycles. The highest BCUT2D eigenvalue weighted by atomic mass is 35.5. The molecule has 0 aliphatic heterocycles. The Labute approximate surface area is 137 Å². The number of amides is 1. The monoisotopic (exact) mass is 343 g/mol. The summed E-state index contributed by atoms with van der Waals surface area (Å²) in [5, 5.41) is 3.99. The number of carbonyl (C=O) groups excluding carboxylic acids is 1. The summed E-state index contributed by atoms with van der Waals surface area (Å²) in [5.74, 6) is 0.0955. The highest BCUT2D eigenvalue weighted by molar-refractivity contribution is 6.35. The Morgan fingerprint density at radius 3 is 2.52 bits per heavy atom. The minimum absolute atomic E-state index is 0.348. The largest absolute Gasteiger partial charge is 0.479 e. The number of benzene rings is 2. The first-order valence-corrected chi connectivity index (χ1v) is 7.28. The molecule has 3 nitrogen and oxygen atoms in total. The average Bonchev–Trinajstić information content (AvgIpc) is 2.45. The van der Waals surface area contributed by atoms with Crippen molar-refractivity contribution >= 4 is 46.4 Å². The average molecular weight is 345 g/mol. The van der Waals surface area contributed by atoms with Gasteiger partial charge in [-0.15, -0.1) is 0 Å². The standard InChI is InChI=1S/C15H12Cl3NO2/c1-9(21-14-5-3-2-4-12(14)18)15(20)19-13-8-10(16)6-7-11(13)17/h2-9H,1H3,(H,19,20)/t9-/m0/s1. The molecule has 2 aromatic carbocycles. The number of hydrogen-bond acceptors (Lipinski definition) is 2. The van der Waals surface area contributed by atoms with Crippen molar-refractivity contribution in [3.63, 3.8) is 0 Å². The van der Waals surface area contributed by atoms with Gasteiger partial charge in [-0.1, -0.05) is 46.9 Å². The lowest BCUT2D eigenvalue weighted by Gasteiger charge is -2.16. The summed E-state index contributed by atoms with van der Waals surface area (Å²) in [5.41, 5.74) is 0.434. The van der Waals surface area contributed by atoms with Gasteiger partial charge in [-0.3, -0.25) is 4.79 Å². The van der Waals surface area contributed by atoms with Gasteiger partial charge in [0.1, 0.15) is 5.75 Å². The molecule has 1 amide bonds. The molecule has 0 aliphatic carbocycles. The summed E-state index contributed by atoms with van der Waals surface area (Å²) in [6.07, 6.45) is -0.736. The van der Waals surface area contributed by atoms with Crippen LogP contribution in [0.3, 0.4) is 0 Å². The Kier molecular flexibility index (Phi) is 5.34. The third-order valence-corrected chi connectivity index (χ3v) is 3.57. The Morgan fingerprint density at radius 1 is 1.10 bits per heavy atom. The quantitative estimate of drug-likeness (QED) is 0.842. The third-order valence-electron chi connectivity index (χ3n) is 2.70. The summed E-state index contributed by atoms with van der Waals surface area (Å²) in [6, 6.07) is 11.8. The van der Waals surface area contributed by atoms with Gasteiger partial charge in [0.15, 0.2) is 6.10 Å². The van der Waals surface area contributed by atoms with Crippen LogP contribution in [0.2, 0.25) is 15.1 Å². The first-order chi connectivity index (χ1) is 9.97. The third kappa shape index (κ3) is 4.27. The van der Waals surface area contributed by atoms with E-state index >= 15 is 0 Å². The second-order valence-corrected chi connectivity index (χ2v) is 5.55. The predicted octanol–water partition coefficient (Wildman–Crippen LogP) is 5.05. The van der Waals surface area contributed by atoms with Crippen LogP contribution in [0.5, 0.6) is 5.75 Å². The number of anilines is 1. The van der Waals surface area contributed by atoms with Gasteiger partial charge in [-0.05, 0) is 37.3 Å². The molecule has 0 heterocycles. The summed E-state index contributed by atoms with van der Waals surface area (Å²) in [6.45, 7) is 1.62. The van der Waals surface area contributed by atoms with Gasteiger partial charge in [-0.2, -0.15) is 0 Å². The molecule has 0 radical (unpaired) electrons. The molecule has 1 N–H and O–H groups in total. The number of nitrogens with one attached hydrogen (secondary N) is 1. The predicted molar refractivity (Wildman–Crippen MR) is 86.6 cm³/mol. The highest BCUT2D eigenvalue weighted by Gasteiger charge is 2.17. The van der Waals surface area contributed by atoms with Crippen molar-refractivity contribution in [1.82, 2.24) is 0 Å². The Hall–Kier alpha value is -1.42. The first kappa shape index (κ1) is 16.0. The number of para-hydroxylation sites is 1. The van der Waals surface area contributed by atoms with E-state index in [4.69, 9.17) is 39.5 Å². The first-order valence-electron chi connectivity index (χ1n) is 6.14. The second-order valence-electron chi connectivity index (χ2n) is 4.30. The Balaban J connectivity index is 2.06. The summed E-state index contributed by atoms with van der Waals surface area (Å²) < 4.78 is 5.53. The van der Waals surface area contributed by atoms with Crippen molar-refractivity contribution in [3.8, 4) is 5.75 Å². The molecule has 2 aromatic rings. The minimum Gasteiger partial charge on any atom is -0.479 e. The fourth-order valence-corrected chi connectivity index (χ4v) is 2.13. The normalized spacial score (nSPS) is 11.8. The molecule has 0 unspecified atom stereocenters. The van der Waals surface area contributed by atoms with Crippen molar-refractivity contribution in [2.75, 3.05) is 5.32 Å². The van der Waals surface area contributed by atoms with Crippen LogP contribution < -0.4 is 10.1 Å². The van der Waals surface area contributed by atoms with Crippen LogP contribution in [-0.2, 0) is 4.79 Å². The van der Waals surface area contributed by atoms with E-state index < -0.39 is 6.10 Å². The number of rotatable bonds is 4. The van der Waals surface area contributed by atoms with E-state index in [2.05, 4.69) is 5.32 Å². The van der Waals surface area contributed by atoms with E-state index in [1.54, 1.807) is 49.4 Å². The zero-order valence-corrected chi connectivity index (χ0v) is 13.3. The maximum atomic E-state index is 12.1. The minimum atomic E-state index is -0.736. The number of halogens is 3. The topological polar surface area (TPSA) is 38.3 Å². The van der Waals surface area contributed by atoms with Crippen LogP contribution in [0, 0.1) is 0 Å². The molecule has 0 spiro atoms. The number of hydrogen-bond donors (Lipinski definition) is 1. The molecule has 110 valence electrons. The van der Waals surface area contributed by atoms with Gasteiger partial charge >= 0.3 is 0 Å². The van der Waals surface area contributed by atoms with Crippen LogP contribution in [0.1, 0.15) is 6.92 Å². The molecule has 1 atom stereocenters. The molecule has 0 fully saturated rings. The van der Waals surface area contributed by atoms with Gasteiger partial charge in [0, 0.05) is 5.02 Å². The van der Waals surface area contributed by atoms with E-state index in [9.17, 15) is 4.79 Å². The molecular weight excluding hydrogens is 333 g/mol. The lowest BCUT2D eigenvalue weighted by Crippen LogP contribution is -2.30. The molecule has 2 rings (SSSR count). The van der Waals surface area contributed by atoms with Crippen molar-refractivity contribution in [2.45, 2.75) is 13.0 Å². The van der Waals surface area contributed by atoms with Gasteiger partial charge in [0.25, 0.3) is 5.91 Å². The van der Waals surface area contributed by atoms with Crippen LogP contribution in [0.15, 0.2) is 42.5 Å². The van der Waals surface area contributed by atoms with E-state index in [1.165, 1.54) is 0 Å². The SMILES string of the molecule is C[C@H](Oc1ccccc1Cl)C(=O)Nc1cc(Cl)ccc1Cl. The van der Waals surface area contributed by atoms with E-state index in [-0.39, 0.29) is 5.91 Å². The summed E-state index contributed by atoms with van der Waals surface area (Å²) in [4.78, 5) is 12.1. The highest BCUT2D eigenvalue weighted by Crippen LogP contribution is 2.27. The van der Waals surface area contributed by atoms with Gasteiger partial charge in [0.05, 0.1) is 15.7 Å². The molecular formula is C15H12Cl3NO2. The molecule has 21 heavy (non-hydrogen) atoms. The molecule has 6 heteroatoms. The van der Waals surface area contributed by atoms with E-state index in [0.717, 1.165) is 0 Å². The van der Waals surface area contributed by atoms with Gasteiger partial charge < -0.3 is 10.1 Å². The molecule has 0 saturated carbocycles. The van der Waals surface area contributed by atoms with Crippen molar-refractivity contribution in [3.05, 3.63) is 57.5 Å². The second kappa shape index (κ2) is 7.03. The van der Waals surface area contributed by atoms with Crippen molar-refractivity contribution in [1.29, 1.82) is 0 Å².